The highest BCUT2D eigenvalue weighted by atomic mass is 79.9. The van der Waals surface area contributed by atoms with Crippen LogP contribution in [0.5, 0.6) is 0 Å². The molecule has 1 heterocycles. The number of aromatic nitrogens is 3. The molecule has 0 aliphatic carbocycles. The van der Waals surface area contributed by atoms with Gasteiger partial charge in [0.05, 0.1) is 5.69 Å². The zero-order valence-corrected chi connectivity index (χ0v) is 15.6. The number of para-hydroxylation sites is 1. The molecule has 0 bridgehead atoms. The van der Waals surface area contributed by atoms with Gasteiger partial charge in [0.2, 0.25) is 0 Å². The van der Waals surface area contributed by atoms with Gasteiger partial charge in [-0.1, -0.05) is 34.1 Å². The molecule has 0 aliphatic heterocycles. The van der Waals surface area contributed by atoms with Crippen LogP contribution in [0, 0.1) is 6.92 Å². The van der Waals surface area contributed by atoms with Crippen LogP contribution in [0.2, 0.25) is 0 Å². The smallest absolute Gasteiger partial charge is 0.255 e. The number of rotatable bonds is 3. The minimum atomic E-state index is -0.157. The van der Waals surface area contributed by atoms with Crippen molar-refractivity contribution in [3.63, 3.8) is 0 Å². The standard InChI is InChI=1S/C20H15BrN4O/c1-13-11-18-19(24-25(23-18)16-5-3-2-4-6-16)12-17(13)22-20(26)14-7-9-15(21)10-8-14/h2-12H,1H3,(H,22,26). The minimum Gasteiger partial charge on any atom is -0.322 e. The lowest BCUT2D eigenvalue weighted by Crippen LogP contribution is -2.12. The molecule has 0 unspecified atom stereocenters. The molecule has 4 aromatic rings. The summed E-state index contributed by atoms with van der Waals surface area (Å²) >= 11 is 3.37. The van der Waals surface area contributed by atoms with E-state index in [0.29, 0.717) is 5.56 Å². The number of carbonyl (C=O) groups is 1. The third-order valence-corrected chi connectivity index (χ3v) is 4.60. The van der Waals surface area contributed by atoms with Crippen molar-refractivity contribution in [1.82, 2.24) is 15.0 Å². The Kier molecular flexibility index (Phi) is 4.26. The number of hydrogen-bond donors (Lipinski definition) is 1. The molecule has 0 saturated heterocycles. The molecular weight excluding hydrogens is 392 g/mol. The van der Waals surface area contributed by atoms with Crippen LogP contribution in [0.4, 0.5) is 5.69 Å². The van der Waals surface area contributed by atoms with Gasteiger partial charge in [-0.05, 0) is 61.0 Å². The van der Waals surface area contributed by atoms with Crippen molar-refractivity contribution in [2.24, 2.45) is 0 Å². The number of benzene rings is 3. The predicted octanol–water partition coefficient (Wildman–Crippen LogP) is 4.74. The van der Waals surface area contributed by atoms with Gasteiger partial charge in [-0.25, -0.2) is 0 Å². The van der Waals surface area contributed by atoms with Crippen LogP contribution >= 0.6 is 15.9 Å². The molecule has 5 nitrogen and oxygen atoms in total. The molecule has 0 radical (unpaired) electrons. The Morgan fingerprint density at radius 3 is 2.31 bits per heavy atom. The first kappa shape index (κ1) is 16.5. The lowest BCUT2D eigenvalue weighted by molar-refractivity contribution is 0.102. The summed E-state index contributed by atoms with van der Waals surface area (Å²) in [5.74, 6) is -0.157. The molecule has 128 valence electrons. The molecule has 3 aromatic carbocycles. The van der Waals surface area contributed by atoms with E-state index in [9.17, 15) is 4.79 Å². The molecule has 0 spiro atoms. The zero-order chi connectivity index (χ0) is 18.1. The summed E-state index contributed by atoms with van der Waals surface area (Å²) in [6.07, 6.45) is 0. The summed E-state index contributed by atoms with van der Waals surface area (Å²) in [4.78, 5) is 14.1. The molecule has 0 aliphatic rings. The average Bonchev–Trinajstić information content (AvgIpc) is 3.06. The van der Waals surface area contributed by atoms with E-state index in [1.807, 2.05) is 61.5 Å². The number of nitrogens with zero attached hydrogens (tertiary/aromatic N) is 3. The Hall–Kier alpha value is -2.99. The maximum atomic E-state index is 12.5. The van der Waals surface area contributed by atoms with Crippen molar-refractivity contribution in [3.05, 3.63) is 82.3 Å². The number of hydrogen-bond acceptors (Lipinski definition) is 3. The van der Waals surface area contributed by atoms with Gasteiger partial charge in [0.25, 0.3) is 5.91 Å². The molecule has 26 heavy (non-hydrogen) atoms. The molecule has 0 atom stereocenters. The maximum Gasteiger partial charge on any atom is 0.255 e. The Morgan fingerprint density at radius 1 is 0.962 bits per heavy atom. The van der Waals surface area contributed by atoms with Crippen LogP contribution in [0.25, 0.3) is 16.7 Å². The highest BCUT2D eigenvalue weighted by Gasteiger charge is 2.11. The highest BCUT2D eigenvalue weighted by Crippen LogP contribution is 2.23. The van der Waals surface area contributed by atoms with Crippen molar-refractivity contribution in [2.75, 3.05) is 5.32 Å². The molecule has 0 fully saturated rings. The van der Waals surface area contributed by atoms with E-state index in [1.165, 1.54) is 0 Å². The van der Waals surface area contributed by atoms with Crippen molar-refractivity contribution < 1.29 is 4.79 Å². The van der Waals surface area contributed by atoms with Gasteiger partial charge in [0, 0.05) is 15.7 Å². The van der Waals surface area contributed by atoms with Crippen molar-refractivity contribution >= 4 is 38.6 Å². The van der Waals surface area contributed by atoms with E-state index in [2.05, 4.69) is 31.4 Å². The Bertz CT molecular complexity index is 1090. The number of carbonyl (C=O) groups excluding carboxylic acids is 1. The van der Waals surface area contributed by atoms with Gasteiger partial charge in [-0.2, -0.15) is 4.80 Å². The van der Waals surface area contributed by atoms with Gasteiger partial charge >= 0.3 is 0 Å². The van der Waals surface area contributed by atoms with Crippen molar-refractivity contribution in [1.29, 1.82) is 0 Å². The van der Waals surface area contributed by atoms with Crippen LogP contribution in [0.15, 0.2) is 71.2 Å². The largest absolute Gasteiger partial charge is 0.322 e. The number of nitrogens with one attached hydrogen (secondary N) is 1. The van der Waals surface area contributed by atoms with Crippen LogP contribution in [-0.2, 0) is 0 Å². The quantitative estimate of drug-likeness (QED) is 0.534. The monoisotopic (exact) mass is 406 g/mol. The van der Waals surface area contributed by atoms with Crippen LogP contribution < -0.4 is 5.32 Å². The number of anilines is 1. The Labute approximate surface area is 158 Å². The average molecular weight is 407 g/mol. The molecule has 1 N–H and O–H groups in total. The first-order valence-corrected chi connectivity index (χ1v) is 8.89. The first-order valence-electron chi connectivity index (χ1n) is 8.10. The van der Waals surface area contributed by atoms with E-state index in [0.717, 1.165) is 32.4 Å². The zero-order valence-electron chi connectivity index (χ0n) is 14.0. The second-order valence-corrected chi connectivity index (χ2v) is 6.86. The summed E-state index contributed by atoms with van der Waals surface area (Å²) in [6, 6.07) is 20.8. The minimum absolute atomic E-state index is 0.157. The molecule has 6 heteroatoms. The topological polar surface area (TPSA) is 59.8 Å². The van der Waals surface area contributed by atoms with Crippen LogP contribution in [0.3, 0.4) is 0 Å². The first-order chi connectivity index (χ1) is 12.6. The van der Waals surface area contributed by atoms with Crippen LogP contribution in [-0.4, -0.2) is 20.9 Å². The fourth-order valence-corrected chi connectivity index (χ4v) is 2.94. The lowest BCUT2D eigenvalue weighted by atomic mass is 10.1. The Balaban J connectivity index is 1.66. The van der Waals surface area contributed by atoms with Gasteiger partial charge < -0.3 is 5.32 Å². The van der Waals surface area contributed by atoms with E-state index in [-0.39, 0.29) is 5.91 Å². The van der Waals surface area contributed by atoms with E-state index >= 15 is 0 Å². The third kappa shape index (κ3) is 3.23. The van der Waals surface area contributed by atoms with Gasteiger partial charge in [0.1, 0.15) is 11.0 Å². The van der Waals surface area contributed by atoms with Gasteiger partial charge in [0.15, 0.2) is 0 Å². The van der Waals surface area contributed by atoms with Crippen molar-refractivity contribution in [2.45, 2.75) is 6.92 Å². The fourth-order valence-electron chi connectivity index (χ4n) is 2.68. The normalized spacial score (nSPS) is 10.8. The second kappa shape index (κ2) is 6.72. The molecule has 1 amide bonds. The van der Waals surface area contributed by atoms with Crippen LogP contribution in [0.1, 0.15) is 15.9 Å². The summed E-state index contributed by atoms with van der Waals surface area (Å²) < 4.78 is 0.934. The molecule has 4 rings (SSSR count). The second-order valence-electron chi connectivity index (χ2n) is 5.94. The maximum absolute atomic E-state index is 12.5. The summed E-state index contributed by atoms with van der Waals surface area (Å²) in [7, 11) is 0. The number of fused-ring (bicyclic) bond motifs is 1. The fraction of sp³-hybridized carbons (Fsp3) is 0.0500. The number of aryl methyl sites for hydroxylation is 1. The predicted molar refractivity (Wildman–Crippen MR) is 106 cm³/mol. The lowest BCUT2D eigenvalue weighted by Gasteiger charge is -2.08. The third-order valence-electron chi connectivity index (χ3n) is 4.07. The van der Waals surface area contributed by atoms with Gasteiger partial charge in [-0.3, -0.25) is 4.79 Å². The number of halogens is 1. The molecule has 0 saturated carbocycles. The number of amides is 1. The summed E-state index contributed by atoms with van der Waals surface area (Å²) in [5, 5.41) is 12.0. The van der Waals surface area contributed by atoms with E-state index in [4.69, 9.17) is 0 Å². The van der Waals surface area contributed by atoms with Crippen molar-refractivity contribution in [3.8, 4) is 5.69 Å². The van der Waals surface area contributed by atoms with E-state index in [1.54, 1.807) is 16.9 Å². The highest BCUT2D eigenvalue weighted by molar-refractivity contribution is 9.10. The summed E-state index contributed by atoms with van der Waals surface area (Å²) in [5.41, 5.74) is 4.66. The SMILES string of the molecule is Cc1cc2nn(-c3ccccc3)nc2cc1NC(=O)c1ccc(Br)cc1. The summed E-state index contributed by atoms with van der Waals surface area (Å²) in [6.45, 7) is 1.94. The Morgan fingerprint density at radius 2 is 1.62 bits per heavy atom. The van der Waals surface area contributed by atoms with Gasteiger partial charge in [-0.15, -0.1) is 10.2 Å². The molecular formula is C20H15BrN4O. The van der Waals surface area contributed by atoms with E-state index < -0.39 is 0 Å². The molecule has 1 aromatic heterocycles.